The van der Waals surface area contributed by atoms with E-state index in [1.807, 2.05) is 6.08 Å². The van der Waals surface area contributed by atoms with Crippen molar-refractivity contribution in [3.63, 3.8) is 0 Å². The number of hydrogen-bond acceptors (Lipinski definition) is 1. The molecule has 0 aromatic rings. The van der Waals surface area contributed by atoms with Gasteiger partial charge in [0.2, 0.25) is 0 Å². The lowest BCUT2D eigenvalue weighted by atomic mass is 10.1. The van der Waals surface area contributed by atoms with Crippen LogP contribution in [0.25, 0.3) is 0 Å². The van der Waals surface area contributed by atoms with E-state index in [1.165, 1.54) is 64.2 Å². The van der Waals surface area contributed by atoms with E-state index in [0.29, 0.717) is 6.42 Å². The third-order valence-corrected chi connectivity index (χ3v) is 3.26. The van der Waals surface area contributed by atoms with Crippen molar-refractivity contribution in [3.8, 4) is 0 Å². The van der Waals surface area contributed by atoms with Crippen LogP contribution in [0.15, 0.2) is 12.7 Å². The number of allylic oxidation sites excluding steroid dienone is 1. The number of carboxylic acid groups (broad SMARTS) is 1. The molecule has 2 nitrogen and oxygen atoms in total. The largest absolute Gasteiger partial charge is 0.481 e. The van der Waals surface area contributed by atoms with Crippen LogP contribution in [0.5, 0.6) is 0 Å². The van der Waals surface area contributed by atoms with Crippen LogP contribution in [-0.2, 0) is 4.79 Å². The van der Waals surface area contributed by atoms with Gasteiger partial charge in [0.25, 0.3) is 0 Å². The summed E-state index contributed by atoms with van der Waals surface area (Å²) < 4.78 is 0. The first kappa shape index (κ1) is 21.5. The van der Waals surface area contributed by atoms with Crippen LogP contribution in [0, 0.1) is 0 Å². The van der Waals surface area contributed by atoms with Crippen LogP contribution in [0.1, 0.15) is 97.3 Å². The topological polar surface area (TPSA) is 37.3 Å². The zero-order valence-corrected chi connectivity index (χ0v) is 13.8. The number of unbranched alkanes of at least 4 members (excludes halogenated alkanes) is 10. The lowest BCUT2D eigenvalue weighted by molar-refractivity contribution is -0.137. The Balaban J connectivity index is 0. The average molecular weight is 284 g/mol. The van der Waals surface area contributed by atoms with Gasteiger partial charge in [-0.1, -0.05) is 77.7 Å². The van der Waals surface area contributed by atoms with Crippen molar-refractivity contribution in [1.82, 2.24) is 0 Å². The number of rotatable bonds is 13. The molecule has 0 atom stereocenters. The van der Waals surface area contributed by atoms with Gasteiger partial charge in [0.15, 0.2) is 0 Å². The maximum Gasteiger partial charge on any atom is 0.303 e. The fourth-order valence-electron chi connectivity index (χ4n) is 1.95. The molecular formula is C18H36O2. The SMILES string of the molecule is C=CCCCCCC.CCCCCCCCCC(=O)O. The minimum atomic E-state index is -0.663. The van der Waals surface area contributed by atoms with E-state index < -0.39 is 5.97 Å². The molecule has 120 valence electrons. The van der Waals surface area contributed by atoms with E-state index in [1.54, 1.807) is 0 Å². The summed E-state index contributed by atoms with van der Waals surface area (Å²) in [4.78, 5) is 10.1. The highest BCUT2D eigenvalue weighted by Gasteiger charge is 1.95. The third kappa shape index (κ3) is 25.9. The standard InChI is InChI=1S/C10H20O2.C8H16/c1-2-3-4-5-6-7-8-9-10(11)12;1-3-5-7-8-6-4-2/h2-9H2,1H3,(H,11,12);3H,1,4-8H2,2H3. The van der Waals surface area contributed by atoms with Crippen LogP contribution in [-0.4, -0.2) is 11.1 Å². The first-order valence-corrected chi connectivity index (χ1v) is 8.51. The molecule has 0 saturated carbocycles. The van der Waals surface area contributed by atoms with E-state index in [-0.39, 0.29) is 0 Å². The molecule has 0 rings (SSSR count). The molecule has 0 aromatic heterocycles. The Morgan fingerprint density at radius 3 is 1.75 bits per heavy atom. The van der Waals surface area contributed by atoms with Crippen molar-refractivity contribution in [1.29, 1.82) is 0 Å². The minimum absolute atomic E-state index is 0.341. The fraction of sp³-hybridized carbons (Fsp3) is 0.833. The number of aliphatic carboxylic acids is 1. The Morgan fingerprint density at radius 1 is 0.850 bits per heavy atom. The lowest BCUT2D eigenvalue weighted by Crippen LogP contribution is -1.93. The quantitative estimate of drug-likeness (QED) is 0.316. The lowest BCUT2D eigenvalue weighted by Gasteiger charge is -1.98. The van der Waals surface area contributed by atoms with E-state index in [4.69, 9.17) is 5.11 Å². The van der Waals surface area contributed by atoms with Crippen LogP contribution >= 0.6 is 0 Å². The van der Waals surface area contributed by atoms with E-state index in [2.05, 4.69) is 20.4 Å². The summed E-state index contributed by atoms with van der Waals surface area (Å²) in [6.45, 7) is 8.09. The summed E-state index contributed by atoms with van der Waals surface area (Å²) in [6, 6.07) is 0. The van der Waals surface area contributed by atoms with Gasteiger partial charge in [0, 0.05) is 6.42 Å². The van der Waals surface area contributed by atoms with E-state index in [9.17, 15) is 4.79 Å². The fourth-order valence-corrected chi connectivity index (χ4v) is 1.95. The van der Waals surface area contributed by atoms with Gasteiger partial charge in [-0.2, -0.15) is 0 Å². The molecule has 2 heteroatoms. The van der Waals surface area contributed by atoms with E-state index in [0.717, 1.165) is 12.8 Å². The average Bonchev–Trinajstić information content (AvgIpc) is 2.43. The normalized spacial score (nSPS) is 9.70. The minimum Gasteiger partial charge on any atom is -0.481 e. The molecule has 0 aliphatic heterocycles. The van der Waals surface area contributed by atoms with Crippen molar-refractivity contribution in [3.05, 3.63) is 12.7 Å². The summed E-state index contributed by atoms with van der Waals surface area (Å²) in [5, 5.41) is 8.35. The molecule has 20 heavy (non-hydrogen) atoms. The summed E-state index contributed by atoms with van der Waals surface area (Å²) in [5.41, 5.74) is 0. The second-order valence-corrected chi connectivity index (χ2v) is 5.40. The molecule has 0 amide bonds. The van der Waals surface area contributed by atoms with Crippen molar-refractivity contribution in [2.24, 2.45) is 0 Å². The van der Waals surface area contributed by atoms with Gasteiger partial charge in [-0.25, -0.2) is 0 Å². The number of hydrogen-bond donors (Lipinski definition) is 1. The number of carbonyl (C=O) groups is 1. The van der Waals surface area contributed by atoms with Gasteiger partial charge >= 0.3 is 5.97 Å². The van der Waals surface area contributed by atoms with Crippen molar-refractivity contribution in [2.75, 3.05) is 0 Å². The molecule has 0 bridgehead atoms. The molecule has 1 N–H and O–H groups in total. The zero-order chi connectivity index (χ0) is 15.5. The second-order valence-electron chi connectivity index (χ2n) is 5.40. The Kier molecular flexibility index (Phi) is 22.1. The monoisotopic (exact) mass is 284 g/mol. The molecule has 0 fully saturated rings. The first-order valence-electron chi connectivity index (χ1n) is 8.51. The maximum atomic E-state index is 10.1. The molecule has 0 heterocycles. The molecule has 0 aliphatic carbocycles. The maximum absolute atomic E-state index is 10.1. The highest BCUT2D eigenvalue weighted by molar-refractivity contribution is 5.66. The van der Waals surface area contributed by atoms with Crippen LogP contribution in [0.3, 0.4) is 0 Å². The Labute approximate surface area is 126 Å². The Morgan fingerprint density at radius 2 is 1.30 bits per heavy atom. The van der Waals surface area contributed by atoms with Gasteiger partial charge in [0.1, 0.15) is 0 Å². The summed E-state index contributed by atoms with van der Waals surface area (Å²) >= 11 is 0. The molecule has 0 aliphatic rings. The van der Waals surface area contributed by atoms with Crippen molar-refractivity contribution in [2.45, 2.75) is 97.3 Å². The molecule has 0 aromatic carbocycles. The molecule has 0 radical (unpaired) electrons. The smallest absolute Gasteiger partial charge is 0.303 e. The van der Waals surface area contributed by atoms with Crippen molar-refractivity contribution >= 4 is 5.97 Å². The third-order valence-electron chi connectivity index (χ3n) is 3.26. The highest BCUT2D eigenvalue weighted by atomic mass is 16.4. The zero-order valence-electron chi connectivity index (χ0n) is 13.8. The van der Waals surface area contributed by atoms with Gasteiger partial charge < -0.3 is 5.11 Å². The number of carboxylic acids is 1. The van der Waals surface area contributed by atoms with Gasteiger partial charge in [-0.3, -0.25) is 4.79 Å². The Hall–Kier alpha value is -0.790. The van der Waals surface area contributed by atoms with Crippen LogP contribution in [0.4, 0.5) is 0 Å². The van der Waals surface area contributed by atoms with Crippen LogP contribution < -0.4 is 0 Å². The van der Waals surface area contributed by atoms with Gasteiger partial charge in [0.05, 0.1) is 0 Å². The molecular weight excluding hydrogens is 248 g/mol. The second kappa shape index (κ2) is 20.5. The predicted molar refractivity (Wildman–Crippen MR) is 89.2 cm³/mol. The molecule has 0 unspecified atom stereocenters. The summed E-state index contributed by atoms with van der Waals surface area (Å²) in [5.74, 6) is -0.663. The van der Waals surface area contributed by atoms with Crippen LogP contribution in [0.2, 0.25) is 0 Å². The Bertz CT molecular complexity index is 200. The van der Waals surface area contributed by atoms with Crippen molar-refractivity contribution < 1.29 is 9.90 Å². The van der Waals surface area contributed by atoms with Gasteiger partial charge in [-0.15, -0.1) is 6.58 Å². The summed E-state index contributed by atoms with van der Waals surface area (Å²) in [6.07, 6.45) is 17.3. The molecule has 0 spiro atoms. The summed E-state index contributed by atoms with van der Waals surface area (Å²) in [7, 11) is 0. The molecule has 0 saturated heterocycles. The predicted octanol–water partition coefficient (Wildman–Crippen LogP) is 6.35. The first-order chi connectivity index (χ1) is 9.68. The highest BCUT2D eigenvalue weighted by Crippen LogP contribution is 2.07. The van der Waals surface area contributed by atoms with E-state index >= 15 is 0 Å². The van der Waals surface area contributed by atoms with Gasteiger partial charge in [-0.05, 0) is 19.3 Å².